The number of carbonyl (C=O) groups excluding carboxylic acids is 1. The van der Waals surface area contributed by atoms with Gasteiger partial charge in [0.05, 0.1) is 10.5 Å². The fourth-order valence-corrected chi connectivity index (χ4v) is 4.58. The van der Waals surface area contributed by atoms with Crippen molar-refractivity contribution < 1.29 is 17.6 Å². The first-order valence-electron chi connectivity index (χ1n) is 7.82. The predicted octanol–water partition coefficient (Wildman–Crippen LogP) is 2.43. The predicted molar refractivity (Wildman–Crippen MR) is 90.3 cm³/mol. The highest BCUT2D eigenvalue weighted by Crippen LogP contribution is 2.30. The first-order valence-corrected chi connectivity index (χ1v) is 9.47. The van der Waals surface area contributed by atoms with Crippen molar-refractivity contribution in [2.45, 2.75) is 37.5 Å². The van der Waals surface area contributed by atoms with Gasteiger partial charge in [0.2, 0.25) is 5.76 Å². The topological polar surface area (TPSA) is 89.3 Å². The third-order valence-corrected chi connectivity index (χ3v) is 7.09. The van der Waals surface area contributed by atoms with E-state index in [1.165, 1.54) is 6.39 Å². The van der Waals surface area contributed by atoms with Crippen molar-refractivity contribution in [1.82, 2.24) is 10.3 Å². The summed E-state index contributed by atoms with van der Waals surface area (Å²) in [5, 5.41) is 2.89. The molecule has 0 bridgehead atoms. The number of rotatable bonds is 3. The van der Waals surface area contributed by atoms with Gasteiger partial charge in [-0.2, -0.15) is 0 Å². The molecule has 7 heteroatoms. The van der Waals surface area contributed by atoms with Crippen LogP contribution in [0, 0.1) is 0 Å². The van der Waals surface area contributed by atoms with Gasteiger partial charge in [0.15, 0.2) is 16.2 Å². The summed E-state index contributed by atoms with van der Waals surface area (Å²) in [4.78, 5) is 16.7. The molecule has 1 N–H and O–H groups in total. The molecule has 1 atom stereocenters. The van der Waals surface area contributed by atoms with Gasteiger partial charge >= 0.3 is 0 Å². The molecular weight excluding hydrogens is 328 g/mol. The quantitative estimate of drug-likeness (QED) is 0.920. The van der Waals surface area contributed by atoms with E-state index in [-0.39, 0.29) is 23.5 Å². The Labute approximate surface area is 141 Å². The maximum absolute atomic E-state index is 12.5. The third kappa shape index (κ3) is 3.08. The Kier molecular flexibility index (Phi) is 4.21. The van der Waals surface area contributed by atoms with Crippen molar-refractivity contribution >= 4 is 15.7 Å². The minimum Gasteiger partial charge on any atom is -0.438 e. The third-order valence-electron chi connectivity index (χ3n) is 4.47. The number of benzene rings is 1. The number of amides is 1. The molecule has 24 heavy (non-hydrogen) atoms. The Morgan fingerprint density at radius 1 is 1.29 bits per heavy atom. The van der Waals surface area contributed by atoms with Crippen molar-refractivity contribution in [1.29, 1.82) is 0 Å². The molecule has 3 rings (SSSR count). The van der Waals surface area contributed by atoms with Crippen molar-refractivity contribution in [3.8, 4) is 11.3 Å². The van der Waals surface area contributed by atoms with Crippen LogP contribution in [0.4, 0.5) is 0 Å². The van der Waals surface area contributed by atoms with Crippen LogP contribution in [0.1, 0.15) is 37.2 Å². The molecule has 1 fully saturated rings. The summed E-state index contributed by atoms with van der Waals surface area (Å²) in [5.74, 6) is -0.147. The zero-order valence-electron chi connectivity index (χ0n) is 13.7. The summed E-state index contributed by atoms with van der Waals surface area (Å²) in [5.41, 5.74) is 1.28. The molecule has 0 unspecified atom stereocenters. The first-order chi connectivity index (χ1) is 11.3. The molecular formula is C17H20N2O4S. The van der Waals surface area contributed by atoms with Gasteiger partial charge < -0.3 is 9.73 Å². The number of hydrogen-bond donors (Lipinski definition) is 1. The first kappa shape index (κ1) is 16.7. The molecule has 1 saturated heterocycles. The standard InChI is InChI=1S/C17H20N2O4S/c1-17(2)10-13(8-9-24(17,21)22)19-16(20)15-14(18-11-23-15)12-6-4-3-5-7-12/h3-7,11,13H,8-10H2,1-2H3,(H,19,20)/t13-/m0/s1. The van der Waals surface area contributed by atoms with E-state index < -0.39 is 14.6 Å². The van der Waals surface area contributed by atoms with E-state index in [2.05, 4.69) is 10.3 Å². The van der Waals surface area contributed by atoms with Gasteiger partial charge in [-0.15, -0.1) is 0 Å². The van der Waals surface area contributed by atoms with Crippen LogP contribution < -0.4 is 5.32 Å². The van der Waals surface area contributed by atoms with E-state index in [0.717, 1.165) is 5.56 Å². The highest BCUT2D eigenvalue weighted by Gasteiger charge is 2.41. The van der Waals surface area contributed by atoms with Crippen LogP contribution >= 0.6 is 0 Å². The lowest BCUT2D eigenvalue weighted by molar-refractivity contribution is 0.0903. The summed E-state index contributed by atoms with van der Waals surface area (Å²) in [6.07, 6.45) is 2.04. The van der Waals surface area contributed by atoms with Gasteiger partial charge in [-0.1, -0.05) is 30.3 Å². The van der Waals surface area contributed by atoms with E-state index in [0.29, 0.717) is 18.5 Å². The maximum atomic E-state index is 12.5. The van der Waals surface area contributed by atoms with Gasteiger partial charge in [0.1, 0.15) is 5.69 Å². The highest BCUT2D eigenvalue weighted by molar-refractivity contribution is 7.92. The molecule has 2 aromatic rings. The average Bonchev–Trinajstić information content (AvgIpc) is 3.01. The molecule has 6 nitrogen and oxygen atoms in total. The summed E-state index contributed by atoms with van der Waals surface area (Å²) in [7, 11) is -3.12. The lowest BCUT2D eigenvalue weighted by Crippen LogP contribution is -2.49. The molecule has 0 saturated carbocycles. The van der Waals surface area contributed by atoms with Gasteiger partial charge in [-0.3, -0.25) is 4.79 Å². The Bertz CT molecular complexity index is 840. The van der Waals surface area contributed by atoms with Crippen LogP contribution in [0.2, 0.25) is 0 Å². The van der Waals surface area contributed by atoms with Crippen LogP contribution in [-0.2, 0) is 9.84 Å². The summed E-state index contributed by atoms with van der Waals surface area (Å²) in [6.45, 7) is 3.40. The minimum absolute atomic E-state index is 0.0763. The number of nitrogens with one attached hydrogen (secondary N) is 1. The smallest absolute Gasteiger partial charge is 0.289 e. The number of oxazole rings is 1. The minimum atomic E-state index is -3.12. The van der Waals surface area contributed by atoms with Gasteiger partial charge in [0, 0.05) is 11.6 Å². The molecule has 2 heterocycles. The molecule has 0 spiro atoms. The zero-order chi connectivity index (χ0) is 17.4. The number of nitrogens with zero attached hydrogens (tertiary/aromatic N) is 1. The Hall–Kier alpha value is -2.15. The van der Waals surface area contributed by atoms with E-state index in [1.807, 2.05) is 30.3 Å². The average molecular weight is 348 g/mol. The second-order valence-electron chi connectivity index (χ2n) is 6.64. The van der Waals surface area contributed by atoms with E-state index in [9.17, 15) is 13.2 Å². The van der Waals surface area contributed by atoms with Crippen molar-refractivity contribution in [2.75, 3.05) is 5.75 Å². The second-order valence-corrected chi connectivity index (χ2v) is 9.38. The van der Waals surface area contributed by atoms with E-state index >= 15 is 0 Å². The van der Waals surface area contributed by atoms with Gasteiger partial charge in [-0.25, -0.2) is 13.4 Å². The fourth-order valence-electron chi connectivity index (χ4n) is 2.98. The molecule has 1 aliphatic heterocycles. The van der Waals surface area contributed by atoms with Crippen LogP contribution in [-0.4, -0.2) is 35.9 Å². The molecule has 128 valence electrons. The lowest BCUT2D eigenvalue weighted by atomic mass is 9.99. The monoisotopic (exact) mass is 348 g/mol. The van der Waals surface area contributed by atoms with Gasteiger partial charge in [-0.05, 0) is 26.7 Å². The van der Waals surface area contributed by atoms with Gasteiger partial charge in [0.25, 0.3) is 5.91 Å². The van der Waals surface area contributed by atoms with Crippen molar-refractivity contribution in [3.63, 3.8) is 0 Å². The number of hydrogen-bond acceptors (Lipinski definition) is 5. The summed E-state index contributed by atoms with van der Waals surface area (Å²) >= 11 is 0. The number of sulfone groups is 1. The van der Waals surface area contributed by atoms with Crippen molar-refractivity contribution in [3.05, 3.63) is 42.5 Å². The molecule has 1 amide bonds. The van der Waals surface area contributed by atoms with E-state index in [1.54, 1.807) is 13.8 Å². The summed E-state index contributed by atoms with van der Waals surface area (Å²) < 4.78 is 28.6. The largest absolute Gasteiger partial charge is 0.438 e. The molecule has 0 aliphatic carbocycles. The second kappa shape index (κ2) is 6.05. The fraction of sp³-hybridized carbons (Fsp3) is 0.412. The Morgan fingerprint density at radius 2 is 2.00 bits per heavy atom. The van der Waals surface area contributed by atoms with Crippen LogP contribution in [0.3, 0.4) is 0 Å². The molecule has 1 aromatic carbocycles. The van der Waals surface area contributed by atoms with E-state index in [4.69, 9.17) is 4.42 Å². The number of aromatic nitrogens is 1. The maximum Gasteiger partial charge on any atom is 0.289 e. The zero-order valence-corrected chi connectivity index (χ0v) is 14.5. The van der Waals surface area contributed by atoms with Crippen LogP contribution in [0.5, 0.6) is 0 Å². The van der Waals surface area contributed by atoms with Crippen LogP contribution in [0.15, 0.2) is 41.1 Å². The Morgan fingerprint density at radius 3 is 2.67 bits per heavy atom. The molecule has 1 aliphatic rings. The molecule has 0 radical (unpaired) electrons. The molecule has 1 aromatic heterocycles. The lowest BCUT2D eigenvalue weighted by Gasteiger charge is -2.35. The van der Waals surface area contributed by atoms with Crippen LogP contribution in [0.25, 0.3) is 11.3 Å². The van der Waals surface area contributed by atoms with Crippen molar-refractivity contribution in [2.24, 2.45) is 0 Å². The summed E-state index contributed by atoms with van der Waals surface area (Å²) in [6, 6.07) is 9.11. The number of carbonyl (C=O) groups is 1. The normalized spacial score (nSPS) is 22.0. The highest BCUT2D eigenvalue weighted by atomic mass is 32.2. The SMILES string of the molecule is CC1(C)C[C@@H](NC(=O)c2ocnc2-c2ccccc2)CCS1(=O)=O. The Balaban J connectivity index is 1.77.